The van der Waals surface area contributed by atoms with Crippen LogP contribution in [0.4, 0.5) is 0 Å². The Labute approximate surface area is 164 Å². The minimum Gasteiger partial charge on any atom is -0.348 e. The quantitative estimate of drug-likeness (QED) is 0.799. The van der Waals surface area contributed by atoms with E-state index in [2.05, 4.69) is 5.32 Å². The molecule has 0 bridgehead atoms. The molecular weight excluding hydrogens is 362 g/mol. The zero-order chi connectivity index (χ0) is 19.2. The number of benzene rings is 1. The van der Waals surface area contributed by atoms with Gasteiger partial charge in [0.2, 0.25) is 0 Å². The van der Waals surface area contributed by atoms with E-state index in [1.54, 1.807) is 18.3 Å². The van der Waals surface area contributed by atoms with Gasteiger partial charge in [-0.25, -0.2) is 0 Å². The highest BCUT2D eigenvalue weighted by Crippen LogP contribution is 2.26. The number of nitrogens with zero attached hydrogens (tertiary/aromatic N) is 1. The molecule has 0 spiro atoms. The Hall–Kier alpha value is -2.11. The molecule has 1 saturated carbocycles. The van der Waals surface area contributed by atoms with Gasteiger partial charge in [0.25, 0.3) is 11.5 Å². The molecule has 0 saturated heterocycles. The Kier molecular flexibility index (Phi) is 6.69. The minimum absolute atomic E-state index is 0.0262. The van der Waals surface area contributed by atoms with Crippen molar-refractivity contribution in [2.75, 3.05) is 6.54 Å². The molecule has 1 amide bonds. The van der Waals surface area contributed by atoms with Crippen molar-refractivity contribution in [3.8, 4) is 0 Å². The van der Waals surface area contributed by atoms with Gasteiger partial charge in [-0.1, -0.05) is 49.1 Å². The number of carbonyl (C=O) groups excluding carboxylic acids is 1. The van der Waals surface area contributed by atoms with Crippen LogP contribution in [0.5, 0.6) is 0 Å². The van der Waals surface area contributed by atoms with Crippen LogP contribution in [0.2, 0.25) is 5.02 Å². The Morgan fingerprint density at radius 3 is 2.63 bits per heavy atom. The lowest BCUT2D eigenvalue weighted by atomic mass is 9.84. The van der Waals surface area contributed by atoms with Crippen molar-refractivity contribution >= 4 is 17.5 Å². The van der Waals surface area contributed by atoms with Crippen LogP contribution in [0, 0.1) is 5.92 Å². The lowest BCUT2D eigenvalue weighted by molar-refractivity contribution is 0.0914. The fraction of sp³-hybridized carbons (Fsp3) is 0.429. The molecular formula is C21H26ClN3O2. The average molecular weight is 388 g/mol. The Balaban J connectivity index is 1.75. The lowest BCUT2D eigenvalue weighted by Gasteiger charge is -2.30. The van der Waals surface area contributed by atoms with Crippen molar-refractivity contribution in [3.05, 3.63) is 69.1 Å². The van der Waals surface area contributed by atoms with Crippen LogP contribution in [-0.4, -0.2) is 23.1 Å². The van der Waals surface area contributed by atoms with Gasteiger partial charge >= 0.3 is 0 Å². The Morgan fingerprint density at radius 1 is 1.19 bits per heavy atom. The molecule has 3 N–H and O–H groups in total. The number of nitrogens with one attached hydrogen (secondary N) is 1. The highest BCUT2D eigenvalue weighted by atomic mass is 35.5. The fourth-order valence-corrected chi connectivity index (χ4v) is 3.95. The summed E-state index contributed by atoms with van der Waals surface area (Å²) < 4.78 is 1.51. The van der Waals surface area contributed by atoms with Crippen LogP contribution in [0.1, 0.15) is 48.0 Å². The minimum atomic E-state index is -0.191. The van der Waals surface area contributed by atoms with Gasteiger partial charge < -0.3 is 15.6 Å². The van der Waals surface area contributed by atoms with Crippen molar-refractivity contribution in [1.82, 2.24) is 9.88 Å². The molecule has 3 rings (SSSR count). The lowest BCUT2D eigenvalue weighted by Crippen LogP contribution is -2.46. The van der Waals surface area contributed by atoms with E-state index in [0.717, 1.165) is 18.4 Å². The number of carbonyl (C=O) groups is 1. The topological polar surface area (TPSA) is 77.1 Å². The largest absolute Gasteiger partial charge is 0.348 e. The summed E-state index contributed by atoms with van der Waals surface area (Å²) in [5.41, 5.74) is 7.03. The molecule has 1 aromatic heterocycles. The van der Waals surface area contributed by atoms with Gasteiger partial charge in [0.1, 0.15) is 0 Å². The number of hydrogen-bond donors (Lipinski definition) is 2. The summed E-state index contributed by atoms with van der Waals surface area (Å²) in [5, 5.41) is 3.67. The Morgan fingerprint density at radius 2 is 1.93 bits per heavy atom. The molecule has 0 aliphatic heterocycles. The standard InChI is InChI=1S/C21H26ClN3O2/c22-18-9-5-4-8-16(18)13-25-14-17(10-11-20(25)26)21(27)24-19(12-23)15-6-2-1-3-7-15/h4-5,8-11,14-15,19H,1-3,6-7,12-13,23H2,(H,24,27). The zero-order valence-corrected chi connectivity index (χ0v) is 16.1. The van der Waals surface area contributed by atoms with E-state index in [1.165, 1.54) is 29.9 Å². The van der Waals surface area contributed by atoms with E-state index in [-0.39, 0.29) is 17.5 Å². The van der Waals surface area contributed by atoms with Gasteiger partial charge in [0.05, 0.1) is 12.1 Å². The first-order chi connectivity index (χ1) is 13.1. The summed E-state index contributed by atoms with van der Waals surface area (Å²) in [6.07, 6.45) is 7.45. The Bertz CT molecular complexity index is 843. The van der Waals surface area contributed by atoms with Gasteiger partial charge in [-0.15, -0.1) is 0 Å². The molecule has 1 aliphatic rings. The molecule has 1 aliphatic carbocycles. The summed E-state index contributed by atoms with van der Waals surface area (Å²) in [7, 11) is 0. The third-order valence-corrected chi connectivity index (χ3v) is 5.70. The third kappa shape index (κ3) is 4.99. The SMILES string of the molecule is NCC(NC(=O)c1ccc(=O)n(Cc2ccccc2Cl)c1)C1CCCCC1. The van der Waals surface area contributed by atoms with Crippen LogP contribution in [0.3, 0.4) is 0 Å². The molecule has 5 nitrogen and oxygen atoms in total. The maximum atomic E-state index is 12.7. The first kappa shape index (κ1) is 19.6. The number of amides is 1. The maximum Gasteiger partial charge on any atom is 0.253 e. The number of aromatic nitrogens is 1. The normalized spacial score (nSPS) is 16.1. The maximum absolute atomic E-state index is 12.7. The monoisotopic (exact) mass is 387 g/mol. The van der Waals surface area contributed by atoms with E-state index in [0.29, 0.717) is 29.6 Å². The molecule has 1 aromatic carbocycles. The number of pyridine rings is 1. The predicted molar refractivity (Wildman–Crippen MR) is 108 cm³/mol. The molecule has 6 heteroatoms. The number of nitrogens with two attached hydrogens (primary N) is 1. The first-order valence-electron chi connectivity index (χ1n) is 9.53. The van der Waals surface area contributed by atoms with E-state index >= 15 is 0 Å². The van der Waals surface area contributed by atoms with Crippen molar-refractivity contribution in [3.63, 3.8) is 0 Å². The van der Waals surface area contributed by atoms with Gasteiger partial charge in [-0.05, 0) is 36.5 Å². The van der Waals surface area contributed by atoms with E-state index < -0.39 is 0 Å². The third-order valence-electron chi connectivity index (χ3n) is 5.33. The van der Waals surface area contributed by atoms with Crippen LogP contribution in [-0.2, 0) is 6.54 Å². The van der Waals surface area contributed by atoms with Crippen LogP contribution in [0.25, 0.3) is 0 Å². The first-order valence-corrected chi connectivity index (χ1v) is 9.91. The molecule has 27 heavy (non-hydrogen) atoms. The fourth-order valence-electron chi connectivity index (χ4n) is 3.76. The van der Waals surface area contributed by atoms with E-state index in [9.17, 15) is 9.59 Å². The second kappa shape index (κ2) is 9.20. The van der Waals surface area contributed by atoms with Crippen LogP contribution < -0.4 is 16.6 Å². The average Bonchev–Trinajstić information content (AvgIpc) is 2.70. The highest BCUT2D eigenvalue weighted by molar-refractivity contribution is 6.31. The summed E-state index contributed by atoms with van der Waals surface area (Å²) in [4.78, 5) is 24.9. The molecule has 144 valence electrons. The summed E-state index contributed by atoms with van der Waals surface area (Å²) in [5.74, 6) is 0.241. The smallest absolute Gasteiger partial charge is 0.253 e. The molecule has 0 radical (unpaired) electrons. The number of rotatable bonds is 6. The van der Waals surface area contributed by atoms with Crippen molar-refractivity contribution in [1.29, 1.82) is 0 Å². The highest BCUT2D eigenvalue weighted by Gasteiger charge is 2.24. The van der Waals surface area contributed by atoms with Gasteiger partial charge in [-0.3, -0.25) is 9.59 Å². The summed E-state index contributed by atoms with van der Waals surface area (Å²) in [6, 6.07) is 10.3. The van der Waals surface area contributed by atoms with Crippen LogP contribution in [0.15, 0.2) is 47.4 Å². The molecule has 1 unspecified atom stereocenters. The predicted octanol–water partition coefficient (Wildman–Crippen LogP) is 3.19. The second-order valence-corrected chi connectivity index (χ2v) is 7.60. The molecule has 2 aromatic rings. The molecule has 1 fully saturated rings. The molecule has 1 atom stereocenters. The summed E-state index contributed by atoms with van der Waals surface area (Å²) >= 11 is 6.19. The van der Waals surface area contributed by atoms with Crippen molar-refractivity contribution in [2.24, 2.45) is 11.7 Å². The van der Waals surface area contributed by atoms with Gasteiger partial charge in [0.15, 0.2) is 0 Å². The number of hydrogen-bond acceptors (Lipinski definition) is 3. The van der Waals surface area contributed by atoms with Crippen molar-refractivity contribution < 1.29 is 4.79 Å². The van der Waals surface area contributed by atoms with Crippen molar-refractivity contribution in [2.45, 2.75) is 44.7 Å². The van der Waals surface area contributed by atoms with Gasteiger partial charge in [-0.2, -0.15) is 0 Å². The van der Waals surface area contributed by atoms with Gasteiger partial charge in [0, 0.05) is 29.9 Å². The molecule has 1 heterocycles. The number of halogens is 1. The van der Waals surface area contributed by atoms with E-state index in [4.69, 9.17) is 17.3 Å². The summed E-state index contributed by atoms with van der Waals surface area (Å²) in [6.45, 7) is 0.748. The van der Waals surface area contributed by atoms with E-state index in [1.807, 2.05) is 18.2 Å². The second-order valence-electron chi connectivity index (χ2n) is 7.19. The van der Waals surface area contributed by atoms with Crippen LogP contribution >= 0.6 is 11.6 Å². The zero-order valence-electron chi connectivity index (χ0n) is 15.4.